The molecular weight excluding hydrogens is 262 g/mol. The summed E-state index contributed by atoms with van der Waals surface area (Å²) in [6.45, 7) is 3.58. The number of nitrogens with one attached hydrogen (secondary N) is 2. The Kier molecular flexibility index (Phi) is 4.22. The van der Waals surface area contributed by atoms with Crippen LogP contribution in [0.2, 0.25) is 5.02 Å². The minimum atomic E-state index is -0.103. The zero-order valence-electron chi connectivity index (χ0n) is 11.0. The van der Waals surface area contributed by atoms with Crippen molar-refractivity contribution < 1.29 is 4.79 Å². The number of hydrogen-bond donors (Lipinski definition) is 2. The number of aryl methyl sites for hydroxylation is 1. The van der Waals surface area contributed by atoms with Crippen LogP contribution in [0.1, 0.15) is 26.0 Å². The van der Waals surface area contributed by atoms with Gasteiger partial charge in [-0.05, 0) is 18.6 Å². The number of benzene rings is 1. The predicted molar refractivity (Wildman–Crippen MR) is 77.3 cm³/mol. The van der Waals surface area contributed by atoms with Crippen molar-refractivity contribution in [2.75, 3.05) is 5.32 Å². The lowest BCUT2D eigenvalue weighted by molar-refractivity contribution is -0.114. The van der Waals surface area contributed by atoms with Crippen molar-refractivity contribution in [3.05, 3.63) is 35.0 Å². The second-order valence-electron chi connectivity index (χ2n) is 4.36. The number of aromatic amines is 1. The van der Waals surface area contributed by atoms with E-state index in [4.69, 9.17) is 11.6 Å². The van der Waals surface area contributed by atoms with Crippen molar-refractivity contribution in [2.24, 2.45) is 0 Å². The average Bonchev–Trinajstić information content (AvgIpc) is 2.73. The molecule has 19 heavy (non-hydrogen) atoms. The van der Waals surface area contributed by atoms with Crippen LogP contribution in [0.15, 0.2) is 24.3 Å². The lowest BCUT2D eigenvalue weighted by Gasteiger charge is -2.06. The molecule has 100 valence electrons. The highest BCUT2D eigenvalue weighted by atomic mass is 35.5. The number of carbonyl (C=O) groups is 1. The van der Waals surface area contributed by atoms with Gasteiger partial charge >= 0.3 is 0 Å². The molecule has 2 rings (SSSR count). The molecule has 2 aromatic rings. The first-order valence-corrected chi connectivity index (χ1v) is 6.60. The summed E-state index contributed by atoms with van der Waals surface area (Å²) >= 11 is 5.88. The maximum Gasteiger partial charge on any atom is 0.221 e. The van der Waals surface area contributed by atoms with Crippen LogP contribution >= 0.6 is 11.6 Å². The molecule has 4 nitrogen and oxygen atoms in total. The zero-order valence-corrected chi connectivity index (χ0v) is 11.7. The molecule has 0 aliphatic heterocycles. The van der Waals surface area contributed by atoms with Crippen molar-refractivity contribution in [3.8, 4) is 11.3 Å². The Morgan fingerprint density at radius 3 is 2.63 bits per heavy atom. The molecule has 0 bridgehead atoms. The number of anilines is 1. The van der Waals surface area contributed by atoms with Crippen molar-refractivity contribution >= 4 is 23.2 Å². The fourth-order valence-electron chi connectivity index (χ4n) is 1.94. The van der Waals surface area contributed by atoms with Crippen molar-refractivity contribution in [1.29, 1.82) is 0 Å². The lowest BCUT2D eigenvalue weighted by Crippen LogP contribution is -2.08. The minimum Gasteiger partial charge on any atom is -0.323 e. The van der Waals surface area contributed by atoms with Crippen molar-refractivity contribution in [1.82, 2.24) is 10.2 Å². The van der Waals surface area contributed by atoms with Crippen molar-refractivity contribution in [3.63, 3.8) is 0 Å². The molecule has 0 aliphatic rings. The topological polar surface area (TPSA) is 57.8 Å². The van der Waals surface area contributed by atoms with Crippen LogP contribution in [0.4, 0.5) is 5.69 Å². The van der Waals surface area contributed by atoms with Gasteiger partial charge in [-0.2, -0.15) is 5.10 Å². The summed E-state index contributed by atoms with van der Waals surface area (Å²) in [6.07, 6.45) is 1.82. The van der Waals surface area contributed by atoms with E-state index in [0.29, 0.717) is 5.02 Å². The Bertz CT molecular complexity index is 575. The lowest BCUT2D eigenvalue weighted by atomic mass is 10.1. The molecule has 1 aromatic heterocycles. The number of carbonyl (C=O) groups excluding carboxylic acids is 1. The molecule has 0 atom stereocenters. The van der Waals surface area contributed by atoms with Crippen LogP contribution in [-0.4, -0.2) is 16.1 Å². The number of hydrogen-bond acceptors (Lipinski definition) is 2. The first-order chi connectivity index (χ1) is 9.11. The van der Waals surface area contributed by atoms with E-state index >= 15 is 0 Å². The molecule has 0 fully saturated rings. The monoisotopic (exact) mass is 277 g/mol. The SMILES string of the molecule is CCCc1[nH]nc(-c2ccc(Cl)cc2)c1NC(C)=O. The third kappa shape index (κ3) is 3.15. The quantitative estimate of drug-likeness (QED) is 0.896. The van der Waals surface area contributed by atoms with E-state index in [1.807, 2.05) is 24.3 Å². The van der Waals surface area contributed by atoms with Crippen LogP contribution in [0.5, 0.6) is 0 Å². The third-order valence-electron chi connectivity index (χ3n) is 2.76. The van der Waals surface area contributed by atoms with E-state index < -0.39 is 0 Å². The number of aromatic nitrogens is 2. The summed E-state index contributed by atoms with van der Waals surface area (Å²) in [5.74, 6) is -0.103. The van der Waals surface area contributed by atoms with Gasteiger partial charge in [0.1, 0.15) is 5.69 Å². The van der Waals surface area contributed by atoms with Gasteiger partial charge in [0.05, 0.1) is 11.4 Å². The predicted octanol–water partition coefficient (Wildman–Crippen LogP) is 3.64. The van der Waals surface area contributed by atoms with Crippen LogP contribution < -0.4 is 5.32 Å². The first kappa shape index (κ1) is 13.6. The highest BCUT2D eigenvalue weighted by molar-refractivity contribution is 6.30. The Morgan fingerprint density at radius 2 is 2.05 bits per heavy atom. The number of rotatable bonds is 4. The van der Waals surface area contributed by atoms with Gasteiger partial charge in [-0.25, -0.2) is 0 Å². The Balaban J connectivity index is 2.44. The molecule has 0 saturated heterocycles. The maximum absolute atomic E-state index is 11.3. The molecule has 2 N–H and O–H groups in total. The molecule has 0 spiro atoms. The first-order valence-electron chi connectivity index (χ1n) is 6.22. The summed E-state index contributed by atoms with van der Waals surface area (Å²) in [4.78, 5) is 11.3. The Morgan fingerprint density at radius 1 is 1.37 bits per heavy atom. The van der Waals surface area contributed by atoms with Gasteiger partial charge in [-0.15, -0.1) is 0 Å². The van der Waals surface area contributed by atoms with E-state index in [1.165, 1.54) is 6.92 Å². The molecular formula is C14H16ClN3O. The fraction of sp³-hybridized carbons (Fsp3) is 0.286. The zero-order chi connectivity index (χ0) is 13.8. The third-order valence-corrected chi connectivity index (χ3v) is 3.01. The molecule has 0 saturated carbocycles. The normalized spacial score (nSPS) is 10.5. The second kappa shape index (κ2) is 5.89. The van der Waals surface area contributed by atoms with Gasteiger partial charge < -0.3 is 5.32 Å². The Labute approximate surface area is 117 Å². The molecule has 0 unspecified atom stereocenters. The largest absolute Gasteiger partial charge is 0.323 e. The summed E-state index contributed by atoms with van der Waals surface area (Å²) in [5.41, 5.74) is 3.38. The number of halogens is 1. The molecule has 0 aliphatic carbocycles. The van der Waals surface area contributed by atoms with Gasteiger partial charge in [0.2, 0.25) is 5.91 Å². The highest BCUT2D eigenvalue weighted by Gasteiger charge is 2.15. The van der Waals surface area contributed by atoms with Gasteiger partial charge in [0.25, 0.3) is 0 Å². The molecule has 0 radical (unpaired) electrons. The number of amides is 1. The highest BCUT2D eigenvalue weighted by Crippen LogP contribution is 2.30. The second-order valence-corrected chi connectivity index (χ2v) is 4.80. The van der Waals surface area contributed by atoms with Crippen LogP contribution in [0, 0.1) is 0 Å². The summed E-state index contributed by atoms with van der Waals surface area (Å²) in [6, 6.07) is 7.39. The van der Waals surface area contributed by atoms with Crippen molar-refractivity contribution in [2.45, 2.75) is 26.7 Å². The molecule has 1 amide bonds. The summed E-state index contributed by atoms with van der Waals surface area (Å²) in [5, 5.41) is 10.8. The smallest absolute Gasteiger partial charge is 0.221 e. The molecule has 1 heterocycles. The van der Waals surface area contributed by atoms with Crippen LogP contribution in [-0.2, 0) is 11.2 Å². The van der Waals surface area contributed by atoms with Gasteiger partial charge in [0.15, 0.2) is 0 Å². The standard InChI is InChI=1S/C14H16ClN3O/c1-3-4-12-14(16-9(2)19)13(18-17-12)10-5-7-11(15)8-6-10/h5-8H,3-4H2,1-2H3,(H,16,19)(H,17,18). The van der Waals surface area contributed by atoms with E-state index in [9.17, 15) is 4.79 Å². The van der Waals surface area contributed by atoms with Gasteiger partial charge in [-0.3, -0.25) is 9.89 Å². The maximum atomic E-state index is 11.3. The van der Waals surface area contributed by atoms with Gasteiger partial charge in [-0.1, -0.05) is 37.1 Å². The minimum absolute atomic E-state index is 0.103. The molecule has 5 heteroatoms. The van der Waals surface area contributed by atoms with E-state index in [2.05, 4.69) is 22.4 Å². The van der Waals surface area contributed by atoms with Crippen LogP contribution in [0.3, 0.4) is 0 Å². The van der Waals surface area contributed by atoms with E-state index in [-0.39, 0.29) is 5.91 Å². The summed E-state index contributed by atoms with van der Waals surface area (Å²) < 4.78 is 0. The number of nitrogens with zero attached hydrogens (tertiary/aromatic N) is 1. The number of H-pyrrole nitrogens is 1. The van der Waals surface area contributed by atoms with Crippen LogP contribution in [0.25, 0.3) is 11.3 Å². The summed E-state index contributed by atoms with van der Waals surface area (Å²) in [7, 11) is 0. The Hall–Kier alpha value is -1.81. The fourth-order valence-corrected chi connectivity index (χ4v) is 2.06. The van der Waals surface area contributed by atoms with E-state index in [0.717, 1.165) is 35.5 Å². The average molecular weight is 278 g/mol. The van der Waals surface area contributed by atoms with E-state index in [1.54, 1.807) is 0 Å². The van der Waals surface area contributed by atoms with Gasteiger partial charge in [0, 0.05) is 17.5 Å². The molecule has 1 aromatic carbocycles.